The van der Waals surface area contributed by atoms with Gasteiger partial charge in [-0.2, -0.15) is 0 Å². The van der Waals surface area contributed by atoms with E-state index in [1.165, 1.54) is 16.2 Å². The summed E-state index contributed by atoms with van der Waals surface area (Å²) in [4.78, 5) is 16.6. The number of thiazole rings is 1. The number of allylic oxidation sites excluding steroid dienone is 1. The molecule has 0 radical (unpaired) electrons. The molecule has 2 aromatic rings. The molecule has 0 spiro atoms. The van der Waals surface area contributed by atoms with Crippen LogP contribution in [0.3, 0.4) is 0 Å². The van der Waals surface area contributed by atoms with Crippen molar-refractivity contribution in [2.75, 3.05) is 0 Å². The maximum atomic E-state index is 14.0. The van der Waals surface area contributed by atoms with Crippen molar-refractivity contribution in [3.63, 3.8) is 0 Å². The zero-order valence-electron chi connectivity index (χ0n) is 11.4. The van der Waals surface area contributed by atoms with Crippen molar-refractivity contribution in [2.24, 2.45) is 5.73 Å². The first kappa shape index (κ1) is 14.6. The number of nitrogens with zero attached hydrogens (tertiary/aromatic N) is 1. The summed E-state index contributed by atoms with van der Waals surface area (Å²) in [6.45, 7) is 0.0479. The third-order valence-corrected chi connectivity index (χ3v) is 4.34. The largest absolute Gasteiger partial charge is 0.483 e. The Balaban J connectivity index is 1.79. The van der Waals surface area contributed by atoms with Crippen LogP contribution in [0.25, 0.3) is 6.08 Å². The summed E-state index contributed by atoms with van der Waals surface area (Å²) >= 11 is 1.50. The molecule has 1 aromatic heterocycles. The van der Waals surface area contributed by atoms with Crippen LogP contribution in [-0.4, -0.2) is 10.9 Å². The van der Waals surface area contributed by atoms with Crippen molar-refractivity contribution in [1.82, 2.24) is 4.98 Å². The van der Waals surface area contributed by atoms with E-state index in [4.69, 9.17) is 10.5 Å². The predicted octanol–water partition coefficient (Wildman–Crippen LogP) is 3.06. The smallest absolute Gasteiger partial charge is 0.254 e. The highest BCUT2D eigenvalue weighted by Gasteiger charge is 2.20. The molecule has 1 amide bonds. The first-order chi connectivity index (χ1) is 10.6. The van der Waals surface area contributed by atoms with Gasteiger partial charge >= 0.3 is 0 Å². The van der Waals surface area contributed by atoms with Gasteiger partial charge < -0.3 is 10.5 Å². The highest BCUT2D eigenvalue weighted by molar-refractivity contribution is 7.11. The van der Waals surface area contributed by atoms with Gasteiger partial charge in [0.1, 0.15) is 23.0 Å². The number of aryl methyl sites for hydroxylation is 1. The van der Waals surface area contributed by atoms with Crippen molar-refractivity contribution in [1.29, 1.82) is 0 Å². The van der Waals surface area contributed by atoms with Gasteiger partial charge in [-0.1, -0.05) is 6.08 Å². The van der Waals surface area contributed by atoms with Crippen molar-refractivity contribution in [2.45, 2.75) is 19.4 Å². The van der Waals surface area contributed by atoms with Crippen molar-refractivity contribution < 1.29 is 18.3 Å². The van der Waals surface area contributed by atoms with Crippen LogP contribution in [0.5, 0.6) is 5.75 Å². The number of carbonyl (C=O) groups excluding carboxylic acids is 1. The molecule has 0 aliphatic heterocycles. The van der Waals surface area contributed by atoms with Gasteiger partial charge in [0.2, 0.25) is 0 Å². The third-order valence-electron chi connectivity index (χ3n) is 3.24. The van der Waals surface area contributed by atoms with Gasteiger partial charge in [-0.3, -0.25) is 4.79 Å². The van der Waals surface area contributed by atoms with Crippen molar-refractivity contribution in [3.05, 3.63) is 51.0 Å². The van der Waals surface area contributed by atoms with Crippen molar-refractivity contribution >= 4 is 23.3 Å². The molecule has 1 aliphatic carbocycles. The first-order valence-corrected chi connectivity index (χ1v) is 7.43. The quantitative estimate of drug-likeness (QED) is 0.941. The number of ether oxygens (including phenoxy) is 1. The minimum atomic E-state index is -1.17. The Morgan fingerprint density at radius 3 is 2.95 bits per heavy atom. The molecule has 1 aromatic carbocycles. The number of amides is 1. The maximum absolute atomic E-state index is 14.0. The fourth-order valence-corrected chi connectivity index (χ4v) is 3.19. The molecule has 1 aliphatic rings. The Kier molecular flexibility index (Phi) is 3.89. The lowest BCUT2D eigenvalue weighted by Gasteiger charge is -2.08. The van der Waals surface area contributed by atoms with E-state index in [1.807, 2.05) is 12.2 Å². The standard InChI is InChI=1S/C15H12F2N2O2S/c16-8-5-6-10(14(17)13(8)15(18)20)21-7-12-19-9-3-1-2-4-11(9)22-12/h1,3,5-6H,2,4,7H2,(H2,18,20). The summed E-state index contributed by atoms with van der Waals surface area (Å²) in [7, 11) is 0. The van der Waals surface area contributed by atoms with Crippen LogP contribution in [0.1, 0.15) is 32.4 Å². The van der Waals surface area contributed by atoms with Gasteiger partial charge in [-0.15, -0.1) is 11.3 Å². The number of primary amides is 1. The second kappa shape index (κ2) is 5.84. The van der Waals surface area contributed by atoms with E-state index in [1.54, 1.807) is 0 Å². The Morgan fingerprint density at radius 2 is 2.23 bits per heavy atom. The van der Waals surface area contributed by atoms with Gasteiger partial charge in [0, 0.05) is 4.88 Å². The summed E-state index contributed by atoms with van der Waals surface area (Å²) < 4.78 is 32.7. The minimum Gasteiger partial charge on any atom is -0.483 e. The second-order valence-corrected chi connectivity index (χ2v) is 5.91. The SMILES string of the molecule is NC(=O)c1c(F)ccc(OCc2nc3c(s2)CCC=C3)c1F. The zero-order chi connectivity index (χ0) is 15.7. The van der Waals surface area contributed by atoms with E-state index in [0.717, 1.165) is 30.7 Å². The number of hydrogen-bond acceptors (Lipinski definition) is 4. The average molecular weight is 322 g/mol. The minimum absolute atomic E-state index is 0.0479. The summed E-state index contributed by atoms with van der Waals surface area (Å²) in [6.07, 6.45) is 5.90. The molecule has 22 heavy (non-hydrogen) atoms. The van der Waals surface area contributed by atoms with E-state index in [-0.39, 0.29) is 12.4 Å². The van der Waals surface area contributed by atoms with E-state index in [2.05, 4.69) is 4.98 Å². The number of fused-ring (bicyclic) bond motifs is 1. The fourth-order valence-electron chi connectivity index (χ4n) is 2.20. The Labute approximate surface area is 129 Å². The summed E-state index contributed by atoms with van der Waals surface area (Å²) in [6, 6.07) is 2.08. The molecule has 0 saturated carbocycles. The van der Waals surface area contributed by atoms with E-state index in [9.17, 15) is 13.6 Å². The molecule has 4 nitrogen and oxygen atoms in total. The molecular weight excluding hydrogens is 310 g/mol. The van der Waals surface area contributed by atoms with Crippen LogP contribution >= 0.6 is 11.3 Å². The first-order valence-electron chi connectivity index (χ1n) is 6.62. The van der Waals surface area contributed by atoms with Gasteiger partial charge in [0.05, 0.1) is 5.69 Å². The second-order valence-electron chi connectivity index (χ2n) is 4.74. The lowest BCUT2D eigenvalue weighted by Crippen LogP contribution is -2.16. The molecule has 0 atom stereocenters. The van der Waals surface area contributed by atoms with Gasteiger partial charge in [0.15, 0.2) is 11.6 Å². The molecule has 0 unspecified atom stereocenters. The van der Waals surface area contributed by atoms with Crippen LogP contribution < -0.4 is 10.5 Å². The Morgan fingerprint density at radius 1 is 1.41 bits per heavy atom. The van der Waals surface area contributed by atoms with Gasteiger partial charge in [-0.25, -0.2) is 13.8 Å². The van der Waals surface area contributed by atoms with Crippen LogP contribution in [0, 0.1) is 11.6 Å². The summed E-state index contributed by atoms with van der Waals surface area (Å²) in [5.41, 5.74) is 5.08. The topological polar surface area (TPSA) is 65.2 Å². The van der Waals surface area contributed by atoms with E-state index >= 15 is 0 Å². The molecule has 2 N–H and O–H groups in total. The molecule has 1 heterocycles. The number of hydrogen-bond donors (Lipinski definition) is 1. The normalized spacial score (nSPS) is 13.0. The highest BCUT2D eigenvalue weighted by atomic mass is 32.1. The van der Waals surface area contributed by atoms with Gasteiger partial charge in [0.25, 0.3) is 5.91 Å². The molecular formula is C15H12F2N2O2S. The third kappa shape index (κ3) is 2.71. The fraction of sp³-hybridized carbons (Fsp3) is 0.200. The van der Waals surface area contributed by atoms with Crippen molar-refractivity contribution in [3.8, 4) is 5.75 Å². The number of benzene rings is 1. The van der Waals surface area contributed by atoms with Crippen LogP contribution in [0.4, 0.5) is 8.78 Å². The number of carbonyl (C=O) groups is 1. The predicted molar refractivity (Wildman–Crippen MR) is 78.7 cm³/mol. The molecule has 7 heteroatoms. The van der Waals surface area contributed by atoms with E-state index < -0.39 is 23.1 Å². The Bertz CT molecular complexity index is 771. The Hall–Kier alpha value is -2.28. The molecule has 3 rings (SSSR count). The lowest BCUT2D eigenvalue weighted by atomic mass is 10.1. The highest BCUT2D eigenvalue weighted by Crippen LogP contribution is 2.28. The monoisotopic (exact) mass is 322 g/mol. The zero-order valence-corrected chi connectivity index (χ0v) is 12.3. The van der Waals surface area contributed by atoms with E-state index in [0.29, 0.717) is 5.01 Å². The lowest BCUT2D eigenvalue weighted by molar-refractivity contribution is 0.0991. The maximum Gasteiger partial charge on any atom is 0.254 e. The molecule has 0 bridgehead atoms. The number of rotatable bonds is 4. The number of halogens is 2. The number of aromatic nitrogens is 1. The van der Waals surface area contributed by atoms with Crippen LogP contribution in [-0.2, 0) is 13.0 Å². The average Bonchev–Trinajstić information content (AvgIpc) is 2.89. The number of nitrogens with two attached hydrogens (primary N) is 1. The molecule has 114 valence electrons. The summed E-state index contributed by atoms with van der Waals surface area (Å²) in [5.74, 6) is -3.49. The van der Waals surface area contributed by atoms with Crippen LogP contribution in [0.15, 0.2) is 18.2 Å². The summed E-state index contributed by atoms with van der Waals surface area (Å²) in [5, 5.41) is 0.695. The van der Waals surface area contributed by atoms with Gasteiger partial charge in [-0.05, 0) is 31.1 Å². The molecule has 0 saturated heterocycles. The van der Waals surface area contributed by atoms with Crippen LogP contribution in [0.2, 0.25) is 0 Å². The molecule has 0 fully saturated rings.